The number of nitrogens with one attached hydrogen (secondary N) is 1. The van der Waals surface area contributed by atoms with Crippen LogP contribution in [0.3, 0.4) is 0 Å². The highest BCUT2D eigenvalue weighted by atomic mass is 16.4. The Morgan fingerprint density at radius 2 is 2.05 bits per heavy atom. The zero-order chi connectivity index (χ0) is 14.7. The van der Waals surface area contributed by atoms with Crippen LogP contribution in [0.4, 0.5) is 5.69 Å². The molecular formula is C14H11N3O4. The average molecular weight is 285 g/mol. The molecule has 2 aromatic heterocycles. The molecule has 2 heterocycles. The van der Waals surface area contributed by atoms with Crippen LogP contribution < -0.4 is 5.32 Å². The second-order valence-corrected chi connectivity index (χ2v) is 4.28. The van der Waals surface area contributed by atoms with E-state index in [2.05, 4.69) is 15.5 Å². The van der Waals surface area contributed by atoms with Gasteiger partial charge >= 0.3 is 5.97 Å². The van der Waals surface area contributed by atoms with Crippen LogP contribution in [0.5, 0.6) is 0 Å². The molecule has 0 atom stereocenters. The molecule has 7 nitrogen and oxygen atoms in total. The predicted molar refractivity (Wildman–Crippen MR) is 72.7 cm³/mol. The number of nitrogens with zero attached hydrogens (tertiary/aromatic N) is 2. The zero-order valence-corrected chi connectivity index (χ0v) is 10.8. The smallest absolute Gasteiger partial charge is 0.338 e. The van der Waals surface area contributed by atoms with Crippen molar-refractivity contribution in [1.29, 1.82) is 0 Å². The minimum Gasteiger partial charge on any atom is -0.478 e. The highest BCUT2D eigenvalue weighted by molar-refractivity contribution is 5.87. The number of rotatable bonds is 5. The van der Waals surface area contributed by atoms with Crippen LogP contribution in [0, 0.1) is 0 Å². The molecule has 0 spiro atoms. The third-order valence-electron chi connectivity index (χ3n) is 2.86. The van der Waals surface area contributed by atoms with Crippen molar-refractivity contribution in [3.05, 3.63) is 54.3 Å². The lowest BCUT2D eigenvalue weighted by atomic mass is 10.2. The summed E-state index contributed by atoms with van der Waals surface area (Å²) in [7, 11) is 0. The van der Waals surface area contributed by atoms with E-state index >= 15 is 0 Å². The SMILES string of the molecule is O=C(O)c1coc(CNc2ccc(-c3nnco3)cc2)c1. The number of furan rings is 1. The van der Waals surface area contributed by atoms with Gasteiger partial charge in [0.1, 0.15) is 12.0 Å². The third-order valence-corrected chi connectivity index (χ3v) is 2.86. The summed E-state index contributed by atoms with van der Waals surface area (Å²) in [6, 6.07) is 8.91. The molecule has 3 rings (SSSR count). The van der Waals surface area contributed by atoms with Crippen LogP contribution in [-0.4, -0.2) is 21.3 Å². The number of carboxylic acid groups (broad SMARTS) is 1. The molecule has 0 aliphatic rings. The monoisotopic (exact) mass is 285 g/mol. The number of benzene rings is 1. The molecule has 106 valence electrons. The molecule has 1 aromatic carbocycles. The maximum absolute atomic E-state index is 10.7. The highest BCUT2D eigenvalue weighted by Crippen LogP contribution is 2.19. The minimum atomic E-state index is -1.01. The Morgan fingerprint density at radius 1 is 1.24 bits per heavy atom. The van der Waals surface area contributed by atoms with Gasteiger partial charge in [-0.15, -0.1) is 10.2 Å². The average Bonchev–Trinajstić information content (AvgIpc) is 3.17. The van der Waals surface area contributed by atoms with E-state index in [4.69, 9.17) is 13.9 Å². The number of carboxylic acids is 1. The number of hydrogen-bond acceptors (Lipinski definition) is 6. The molecular weight excluding hydrogens is 274 g/mol. The lowest BCUT2D eigenvalue weighted by Gasteiger charge is -2.04. The fourth-order valence-corrected chi connectivity index (χ4v) is 1.80. The predicted octanol–water partition coefficient (Wildman–Crippen LogP) is 2.64. The summed E-state index contributed by atoms with van der Waals surface area (Å²) in [5.41, 5.74) is 1.83. The first kappa shape index (κ1) is 12.9. The Kier molecular flexibility index (Phi) is 3.38. The molecule has 21 heavy (non-hydrogen) atoms. The van der Waals surface area contributed by atoms with Crippen LogP contribution in [0.25, 0.3) is 11.5 Å². The molecule has 7 heteroatoms. The molecule has 0 amide bonds. The van der Waals surface area contributed by atoms with Crippen molar-refractivity contribution in [3.8, 4) is 11.5 Å². The minimum absolute atomic E-state index is 0.138. The van der Waals surface area contributed by atoms with E-state index < -0.39 is 5.97 Å². The van der Waals surface area contributed by atoms with Gasteiger partial charge < -0.3 is 19.3 Å². The fraction of sp³-hybridized carbons (Fsp3) is 0.0714. The summed E-state index contributed by atoms with van der Waals surface area (Å²) in [5, 5.41) is 19.4. The van der Waals surface area contributed by atoms with Gasteiger partial charge in [-0.05, 0) is 30.3 Å². The second-order valence-electron chi connectivity index (χ2n) is 4.28. The van der Waals surface area contributed by atoms with Crippen LogP contribution in [0.15, 0.2) is 51.8 Å². The van der Waals surface area contributed by atoms with Crippen molar-refractivity contribution >= 4 is 11.7 Å². The maximum Gasteiger partial charge on any atom is 0.338 e. The van der Waals surface area contributed by atoms with Crippen LogP contribution in [0.2, 0.25) is 0 Å². The first-order valence-electron chi connectivity index (χ1n) is 6.13. The van der Waals surface area contributed by atoms with Crippen molar-refractivity contribution in [3.63, 3.8) is 0 Å². The van der Waals surface area contributed by atoms with E-state index in [1.165, 1.54) is 18.7 Å². The molecule has 0 aliphatic heterocycles. The lowest BCUT2D eigenvalue weighted by Crippen LogP contribution is -1.98. The van der Waals surface area contributed by atoms with Gasteiger partial charge in [0, 0.05) is 11.3 Å². The van der Waals surface area contributed by atoms with Gasteiger partial charge in [-0.25, -0.2) is 4.79 Å². The number of aromatic carboxylic acids is 1. The van der Waals surface area contributed by atoms with E-state index in [9.17, 15) is 4.79 Å². The van der Waals surface area contributed by atoms with Crippen molar-refractivity contribution in [2.75, 3.05) is 5.32 Å². The Morgan fingerprint density at radius 3 is 2.67 bits per heavy atom. The van der Waals surface area contributed by atoms with E-state index in [0.717, 1.165) is 11.3 Å². The largest absolute Gasteiger partial charge is 0.478 e. The van der Waals surface area contributed by atoms with Gasteiger partial charge in [0.2, 0.25) is 12.3 Å². The van der Waals surface area contributed by atoms with Gasteiger partial charge in [0.05, 0.1) is 12.1 Å². The molecule has 0 unspecified atom stereocenters. The van der Waals surface area contributed by atoms with Gasteiger partial charge in [0.25, 0.3) is 0 Å². The molecule has 3 aromatic rings. The Balaban J connectivity index is 1.64. The molecule has 0 radical (unpaired) electrons. The van der Waals surface area contributed by atoms with Crippen molar-refractivity contribution in [2.45, 2.75) is 6.54 Å². The van der Waals surface area contributed by atoms with E-state index in [-0.39, 0.29) is 5.56 Å². The first-order valence-corrected chi connectivity index (χ1v) is 6.13. The summed E-state index contributed by atoms with van der Waals surface area (Å²) in [6.07, 6.45) is 2.50. The van der Waals surface area contributed by atoms with Crippen molar-refractivity contribution < 1.29 is 18.7 Å². The molecule has 0 saturated heterocycles. The summed E-state index contributed by atoms with van der Waals surface area (Å²) < 4.78 is 10.3. The van der Waals surface area contributed by atoms with Crippen molar-refractivity contribution in [2.24, 2.45) is 0 Å². The number of hydrogen-bond donors (Lipinski definition) is 2. The van der Waals surface area contributed by atoms with E-state index in [1.807, 2.05) is 24.3 Å². The van der Waals surface area contributed by atoms with Gasteiger partial charge in [-0.3, -0.25) is 0 Å². The number of carbonyl (C=O) groups is 1. The number of aromatic nitrogens is 2. The normalized spacial score (nSPS) is 10.5. The molecule has 0 bridgehead atoms. The summed E-state index contributed by atoms with van der Waals surface area (Å²) in [6.45, 7) is 0.396. The van der Waals surface area contributed by atoms with Gasteiger partial charge in [-0.2, -0.15) is 0 Å². The number of anilines is 1. The second kappa shape index (κ2) is 5.49. The van der Waals surface area contributed by atoms with Gasteiger partial charge in [0.15, 0.2) is 0 Å². The summed E-state index contributed by atoms with van der Waals surface area (Å²) in [4.78, 5) is 10.7. The molecule has 2 N–H and O–H groups in total. The Hall–Kier alpha value is -3.09. The summed E-state index contributed by atoms with van der Waals surface area (Å²) in [5.74, 6) is 0.000901. The maximum atomic E-state index is 10.7. The molecule has 0 fully saturated rings. The molecule has 0 aliphatic carbocycles. The standard InChI is InChI=1S/C14H11N3O4/c18-14(19)10-5-12(20-7-10)6-15-11-3-1-9(2-4-11)13-17-16-8-21-13/h1-5,7-8,15H,6H2,(H,18,19). The molecule has 0 saturated carbocycles. The summed E-state index contributed by atoms with van der Waals surface area (Å²) >= 11 is 0. The van der Waals surface area contributed by atoms with Crippen LogP contribution >= 0.6 is 0 Å². The van der Waals surface area contributed by atoms with E-state index in [0.29, 0.717) is 18.2 Å². The Labute approximate surface area is 119 Å². The van der Waals surface area contributed by atoms with Crippen molar-refractivity contribution in [1.82, 2.24) is 10.2 Å². The topological polar surface area (TPSA) is 101 Å². The lowest BCUT2D eigenvalue weighted by molar-refractivity contribution is 0.0696. The van der Waals surface area contributed by atoms with Crippen LogP contribution in [0.1, 0.15) is 16.1 Å². The first-order chi connectivity index (χ1) is 10.2. The quantitative estimate of drug-likeness (QED) is 0.742. The van der Waals surface area contributed by atoms with Gasteiger partial charge in [-0.1, -0.05) is 0 Å². The van der Waals surface area contributed by atoms with E-state index in [1.54, 1.807) is 0 Å². The fourth-order valence-electron chi connectivity index (χ4n) is 1.80. The third kappa shape index (κ3) is 2.92. The Bertz CT molecular complexity index is 732. The highest BCUT2D eigenvalue weighted by Gasteiger charge is 2.08. The van der Waals surface area contributed by atoms with Crippen LogP contribution in [-0.2, 0) is 6.54 Å². The zero-order valence-electron chi connectivity index (χ0n) is 10.8.